The van der Waals surface area contributed by atoms with Crippen molar-refractivity contribution >= 4 is 39.8 Å². The molecule has 0 spiro atoms. The molecule has 1 N–H and O–H groups in total. The number of hydrogen-bond donors (Lipinski definition) is 1. The van der Waals surface area contributed by atoms with Gasteiger partial charge in [-0.25, -0.2) is 4.42 Å². The van der Waals surface area contributed by atoms with Gasteiger partial charge < -0.3 is 29.1 Å². The molecule has 2 aromatic carbocycles. The lowest BCUT2D eigenvalue weighted by Crippen LogP contribution is -2.36. The number of ether oxygens (including phenoxy) is 3. The van der Waals surface area contributed by atoms with Crippen LogP contribution in [0.25, 0.3) is 22.6 Å². The Labute approximate surface area is 282 Å². The standard InChI is InChI=1S/C40H44N2O6/c1-39(2,3)35-21-25(29-23-27(7-9-33(29)47-35)41-11-15-45-16-12-41)19-31-37(43)32(38(31)44)20-26-22-36(40(4,5)6)48-34-10-8-28(24-30(26)34)42-13-17-46-18-14-42/h7-10,19-24H,11-18H2,1-6H3/p+1. The third kappa shape index (κ3) is 6.15. The molecule has 0 atom stereocenters. The van der Waals surface area contributed by atoms with Crippen molar-refractivity contribution in [3.63, 3.8) is 0 Å². The zero-order valence-electron chi connectivity index (χ0n) is 28.8. The Hall–Kier alpha value is -4.40. The fourth-order valence-corrected chi connectivity index (χ4v) is 6.44. The molecule has 3 aromatic rings. The van der Waals surface area contributed by atoms with Gasteiger partial charge in [0.25, 0.3) is 0 Å². The van der Waals surface area contributed by atoms with Crippen molar-refractivity contribution in [2.45, 2.75) is 47.0 Å². The highest BCUT2D eigenvalue weighted by atomic mass is 16.5. The van der Waals surface area contributed by atoms with Crippen molar-refractivity contribution in [1.29, 1.82) is 0 Å². The molecule has 0 bridgehead atoms. The van der Waals surface area contributed by atoms with E-state index in [1.807, 2.05) is 24.3 Å². The van der Waals surface area contributed by atoms with Crippen molar-refractivity contribution < 1.29 is 28.5 Å². The molecule has 0 saturated carbocycles. The summed E-state index contributed by atoms with van der Waals surface area (Å²) in [6.07, 6.45) is 5.61. The van der Waals surface area contributed by atoms with E-state index < -0.39 is 0 Å². The van der Waals surface area contributed by atoms with Crippen LogP contribution in [0.15, 0.2) is 81.7 Å². The molecule has 2 saturated heterocycles. The van der Waals surface area contributed by atoms with Crippen molar-refractivity contribution in [3.05, 3.63) is 94.2 Å². The predicted molar refractivity (Wildman–Crippen MR) is 191 cm³/mol. The molecule has 0 unspecified atom stereocenters. The molecule has 2 fully saturated rings. The molecule has 0 amide bonds. The molecule has 8 heteroatoms. The van der Waals surface area contributed by atoms with Crippen LogP contribution in [-0.4, -0.2) is 63.5 Å². The maximum absolute atomic E-state index is 13.8. The average Bonchev–Trinajstić information content (AvgIpc) is 3.08. The number of aliphatic hydroxyl groups excluding tert-OH is 1. The van der Waals surface area contributed by atoms with Crippen LogP contribution in [0.2, 0.25) is 0 Å². The van der Waals surface area contributed by atoms with E-state index in [-0.39, 0.29) is 22.4 Å². The zero-order chi connectivity index (χ0) is 33.8. The van der Waals surface area contributed by atoms with Crippen LogP contribution < -0.4 is 14.5 Å². The van der Waals surface area contributed by atoms with E-state index in [0.29, 0.717) is 37.6 Å². The highest BCUT2D eigenvalue weighted by Gasteiger charge is 2.36. The van der Waals surface area contributed by atoms with Gasteiger partial charge in [0.1, 0.15) is 17.3 Å². The number of rotatable bonds is 4. The lowest BCUT2D eigenvalue weighted by atomic mass is 9.83. The second-order valence-corrected chi connectivity index (χ2v) is 15.0. The quantitative estimate of drug-likeness (QED) is 0.226. The van der Waals surface area contributed by atoms with Gasteiger partial charge in [0.05, 0.1) is 48.4 Å². The molecule has 1 aromatic heterocycles. The number of allylic oxidation sites excluding steroid dienone is 6. The molecule has 0 radical (unpaired) electrons. The molecular formula is C40H45N2O6+. The van der Waals surface area contributed by atoms with Crippen LogP contribution in [0.3, 0.4) is 0 Å². The lowest BCUT2D eigenvalue weighted by Gasteiger charge is -2.32. The summed E-state index contributed by atoms with van der Waals surface area (Å²) >= 11 is 0. The number of hydrogen-bond acceptors (Lipinski definition) is 7. The molecule has 250 valence electrons. The van der Waals surface area contributed by atoms with Crippen molar-refractivity contribution in [1.82, 2.24) is 0 Å². The van der Waals surface area contributed by atoms with Gasteiger partial charge in [-0.15, -0.1) is 0 Å². The summed E-state index contributed by atoms with van der Waals surface area (Å²) in [5.41, 5.74) is 5.51. The highest BCUT2D eigenvalue weighted by Crippen LogP contribution is 2.44. The minimum Gasteiger partial charge on any atom is -0.506 e. The third-order valence-electron chi connectivity index (χ3n) is 9.39. The van der Waals surface area contributed by atoms with Crippen LogP contribution in [0.4, 0.5) is 11.4 Å². The minimum absolute atomic E-state index is 0.00818. The second-order valence-electron chi connectivity index (χ2n) is 15.0. The van der Waals surface area contributed by atoms with Crippen LogP contribution in [0, 0.1) is 5.41 Å². The van der Waals surface area contributed by atoms with Gasteiger partial charge in [0.15, 0.2) is 0 Å². The number of ketones is 1. The maximum Gasteiger partial charge on any atom is 0.360 e. The number of fused-ring (bicyclic) bond motifs is 2. The molecule has 1 aliphatic carbocycles. The highest BCUT2D eigenvalue weighted by molar-refractivity contribution is 6.24. The third-order valence-corrected chi connectivity index (χ3v) is 9.39. The van der Waals surface area contributed by atoms with Gasteiger partial charge in [-0.1, -0.05) is 20.8 Å². The predicted octanol–water partition coefficient (Wildman–Crippen LogP) is 7.87. The number of benzene rings is 2. The normalized spacial score (nSPS) is 20.6. The van der Waals surface area contributed by atoms with Gasteiger partial charge >= 0.3 is 11.3 Å². The van der Waals surface area contributed by atoms with Crippen LogP contribution in [0.1, 0.15) is 58.4 Å². The SMILES string of the molecule is CC(C)(C)C1=CC(=CC2=C(O)C(=Cc3cc(C(C)(C)C)[o+]c4ccc(N5CCOCC5)cc34)C2=O)c2cc(N3CCOCC3)ccc2O1. The monoisotopic (exact) mass is 649 g/mol. The van der Waals surface area contributed by atoms with Gasteiger partial charge in [-0.3, -0.25) is 4.79 Å². The first kappa shape index (κ1) is 32.2. The summed E-state index contributed by atoms with van der Waals surface area (Å²) < 4.78 is 23.9. The molecule has 4 heterocycles. The average molecular weight is 650 g/mol. The van der Waals surface area contributed by atoms with Crippen LogP contribution in [-0.2, 0) is 19.7 Å². The molecule has 3 aliphatic heterocycles. The number of aliphatic hydroxyl groups is 1. The first-order valence-electron chi connectivity index (χ1n) is 16.9. The van der Waals surface area contributed by atoms with Crippen molar-refractivity contribution in [2.24, 2.45) is 5.41 Å². The number of carbonyl (C=O) groups excluding carboxylic acids is 1. The molecule has 4 aliphatic rings. The topological polar surface area (TPSA) is 82.8 Å². The van der Waals surface area contributed by atoms with E-state index in [1.165, 1.54) is 0 Å². The lowest BCUT2D eigenvalue weighted by molar-refractivity contribution is -0.113. The Morgan fingerprint density at radius 1 is 0.792 bits per heavy atom. The first-order chi connectivity index (χ1) is 22.9. The van der Waals surface area contributed by atoms with Crippen molar-refractivity contribution in [3.8, 4) is 5.75 Å². The zero-order valence-corrected chi connectivity index (χ0v) is 28.8. The van der Waals surface area contributed by atoms with Gasteiger partial charge in [-0.2, -0.15) is 0 Å². The van der Waals surface area contributed by atoms with E-state index in [4.69, 9.17) is 18.6 Å². The summed E-state index contributed by atoms with van der Waals surface area (Å²) in [5.74, 6) is 2.13. The number of anilines is 2. The molecular weight excluding hydrogens is 604 g/mol. The van der Waals surface area contributed by atoms with E-state index in [2.05, 4.69) is 75.6 Å². The first-order valence-corrected chi connectivity index (χ1v) is 16.9. The summed E-state index contributed by atoms with van der Waals surface area (Å²) in [6.45, 7) is 18.6. The van der Waals surface area contributed by atoms with Crippen LogP contribution in [0.5, 0.6) is 5.75 Å². The van der Waals surface area contributed by atoms with E-state index in [9.17, 15) is 9.90 Å². The summed E-state index contributed by atoms with van der Waals surface area (Å²) in [7, 11) is 0. The largest absolute Gasteiger partial charge is 0.506 e. The van der Waals surface area contributed by atoms with Gasteiger partial charge in [0.2, 0.25) is 5.78 Å². The molecule has 7 rings (SSSR count). The van der Waals surface area contributed by atoms with E-state index in [0.717, 1.165) is 82.5 Å². The summed E-state index contributed by atoms with van der Waals surface area (Å²) in [6, 6.07) is 14.4. The maximum atomic E-state index is 13.8. The molecule has 8 nitrogen and oxygen atoms in total. The van der Waals surface area contributed by atoms with Gasteiger partial charge in [0, 0.05) is 66.2 Å². The fourth-order valence-electron chi connectivity index (χ4n) is 6.44. The Morgan fingerprint density at radius 3 is 2.02 bits per heavy atom. The Kier molecular flexibility index (Phi) is 8.20. The Balaban J connectivity index is 1.30. The smallest absolute Gasteiger partial charge is 0.360 e. The van der Waals surface area contributed by atoms with E-state index in [1.54, 1.807) is 12.2 Å². The number of nitrogens with zero attached hydrogens (tertiary/aromatic N) is 2. The Morgan fingerprint density at radius 2 is 1.42 bits per heavy atom. The molecule has 48 heavy (non-hydrogen) atoms. The van der Waals surface area contributed by atoms with E-state index >= 15 is 0 Å². The minimum atomic E-state index is -0.255. The number of Topliss-reactive ketones (excluding diaryl/α,β-unsaturated/α-hetero) is 1. The second kappa shape index (κ2) is 12.2. The van der Waals surface area contributed by atoms with Crippen molar-refractivity contribution in [2.75, 3.05) is 62.4 Å². The number of carbonyl (C=O) groups is 1. The fraction of sp³-hybridized carbons (Fsp3) is 0.400. The number of morpholine rings is 2. The summed E-state index contributed by atoms with van der Waals surface area (Å²) in [5, 5.41) is 12.3. The van der Waals surface area contributed by atoms with Crippen LogP contribution >= 0.6 is 0 Å². The van der Waals surface area contributed by atoms with Gasteiger partial charge in [-0.05, 0) is 74.9 Å². The summed E-state index contributed by atoms with van der Waals surface area (Å²) in [4.78, 5) is 18.4. The Bertz CT molecular complexity index is 1910.